The van der Waals surface area contributed by atoms with E-state index in [0.717, 1.165) is 12.0 Å². The molecule has 0 aromatic heterocycles. The van der Waals surface area contributed by atoms with Gasteiger partial charge in [0.05, 0.1) is 12.2 Å². The third kappa shape index (κ3) is 2.81. The van der Waals surface area contributed by atoms with Crippen molar-refractivity contribution in [1.82, 2.24) is 4.90 Å². The van der Waals surface area contributed by atoms with E-state index in [-0.39, 0.29) is 12.2 Å². The van der Waals surface area contributed by atoms with E-state index in [4.69, 9.17) is 4.74 Å². The minimum Gasteiger partial charge on any atom is -0.464 e. The van der Waals surface area contributed by atoms with Gasteiger partial charge in [0.1, 0.15) is 11.9 Å². The van der Waals surface area contributed by atoms with E-state index in [1.807, 2.05) is 0 Å². The molecule has 1 amide bonds. The lowest BCUT2D eigenvalue weighted by Gasteiger charge is -2.23. The molecule has 20 heavy (non-hydrogen) atoms. The van der Waals surface area contributed by atoms with Gasteiger partial charge < -0.3 is 9.64 Å². The van der Waals surface area contributed by atoms with Crippen LogP contribution < -0.4 is 0 Å². The fourth-order valence-electron chi connectivity index (χ4n) is 2.45. The largest absolute Gasteiger partial charge is 0.464 e. The average molecular weight is 279 g/mol. The second-order valence-electron chi connectivity index (χ2n) is 4.89. The standard InChI is InChI=1S/C15H18FNO3/c1-3-20-15(19)13-5-4-8-17(13)14(18)11-9-10(2)6-7-12(11)16/h6-7,9,13H,3-5,8H2,1-2H3. The molecule has 1 heterocycles. The summed E-state index contributed by atoms with van der Waals surface area (Å²) in [5, 5.41) is 0. The fourth-order valence-corrected chi connectivity index (χ4v) is 2.45. The van der Waals surface area contributed by atoms with Crippen LogP contribution in [0.1, 0.15) is 35.7 Å². The Morgan fingerprint density at radius 1 is 1.45 bits per heavy atom. The highest BCUT2D eigenvalue weighted by Crippen LogP contribution is 2.22. The van der Waals surface area contributed by atoms with Crippen LogP contribution in [0.2, 0.25) is 0 Å². The van der Waals surface area contributed by atoms with E-state index >= 15 is 0 Å². The first-order valence-electron chi connectivity index (χ1n) is 6.78. The quantitative estimate of drug-likeness (QED) is 0.798. The van der Waals surface area contributed by atoms with Gasteiger partial charge in [-0.2, -0.15) is 0 Å². The fraction of sp³-hybridized carbons (Fsp3) is 0.467. The zero-order valence-electron chi connectivity index (χ0n) is 11.7. The molecule has 0 spiro atoms. The number of likely N-dealkylation sites (tertiary alicyclic amines) is 1. The van der Waals surface area contributed by atoms with Crippen molar-refractivity contribution >= 4 is 11.9 Å². The number of halogens is 1. The Kier molecular flexibility index (Phi) is 4.37. The van der Waals surface area contributed by atoms with Crippen LogP contribution in [-0.4, -0.2) is 36.0 Å². The number of carbonyl (C=O) groups is 2. The predicted octanol–water partition coefficient (Wildman–Crippen LogP) is 2.30. The maximum absolute atomic E-state index is 13.8. The molecule has 1 fully saturated rings. The van der Waals surface area contributed by atoms with Crippen LogP contribution >= 0.6 is 0 Å². The van der Waals surface area contributed by atoms with Crippen LogP contribution in [0.5, 0.6) is 0 Å². The summed E-state index contributed by atoms with van der Waals surface area (Å²) in [5.74, 6) is -1.41. The second-order valence-corrected chi connectivity index (χ2v) is 4.89. The summed E-state index contributed by atoms with van der Waals surface area (Å²) in [4.78, 5) is 25.7. The Morgan fingerprint density at radius 2 is 2.20 bits per heavy atom. The van der Waals surface area contributed by atoms with Crippen LogP contribution in [-0.2, 0) is 9.53 Å². The van der Waals surface area contributed by atoms with Gasteiger partial charge in [-0.15, -0.1) is 0 Å². The molecule has 0 aliphatic carbocycles. The minimum absolute atomic E-state index is 0.0150. The zero-order valence-corrected chi connectivity index (χ0v) is 11.7. The molecule has 1 aliphatic rings. The van der Waals surface area contributed by atoms with E-state index in [1.54, 1.807) is 19.9 Å². The van der Waals surface area contributed by atoms with Gasteiger partial charge >= 0.3 is 5.97 Å². The highest BCUT2D eigenvalue weighted by Gasteiger charge is 2.36. The van der Waals surface area contributed by atoms with Crippen molar-refractivity contribution in [2.45, 2.75) is 32.7 Å². The third-order valence-corrected chi connectivity index (χ3v) is 3.42. The van der Waals surface area contributed by atoms with Crippen molar-refractivity contribution < 1.29 is 18.7 Å². The van der Waals surface area contributed by atoms with Crippen LogP contribution in [0.4, 0.5) is 4.39 Å². The highest BCUT2D eigenvalue weighted by molar-refractivity contribution is 5.97. The lowest BCUT2D eigenvalue weighted by molar-refractivity contribution is -0.147. The van der Waals surface area contributed by atoms with Crippen LogP contribution in [0, 0.1) is 12.7 Å². The van der Waals surface area contributed by atoms with Crippen molar-refractivity contribution in [3.05, 3.63) is 35.1 Å². The Hall–Kier alpha value is -1.91. The lowest BCUT2D eigenvalue weighted by atomic mass is 10.1. The van der Waals surface area contributed by atoms with Gasteiger partial charge in [-0.25, -0.2) is 9.18 Å². The summed E-state index contributed by atoms with van der Waals surface area (Å²) in [6, 6.07) is 3.80. The number of aryl methyl sites for hydroxylation is 1. The number of benzene rings is 1. The molecule has 1 aliphatic heterocycles. The Bertz CT molecular complexity index is 530. The Balaban J connectivity index is 2.23. The number of rotatable bonds is 3. The SMILES string of the molecule is CCOC(=O)C1CCCN1C(=O)c1cc(C)ccc1F. The number of nitrogens with zero attached hydrogens (tertiary/aromatic N) is 1. The van der Waals surface area contributed by atoms with Crippen LogP contribution in [0.25, 0.3) is 0 Å². The molecule has 4 nitrogen and oxygen atoms in total. The molecule has 1 aromatic rings. The summed E-state index contributed by atoms with van der Waals surface area (Å²) >= 11 is 0. The van der Waals surface area contributed by atoms with E-state index < -0.39 is 23.7 Å². The predicted molar refractivity (Wildman–Crippen MR) is 71.8 cm³/mol. The summed E-state index contributed by atoms with van der Waals surface area (Å²) in [7, 11) is 0. The summed E-state index contributed by atoms with van der Waals surface area (Å²) in [6.07, 6.45) is 1.29. The van der Waals surface area contributed by atoms with E-state index in [9.17, 15) is 14.0 Å². The maximum atomic E-state index is 13.8. The van der Waals surface area contributed by atoms with Gasteiger partial charge in [-0.05, 0) is 38.8 Å². The number of ether oxygens (including phenoxy) is 1. The molecule has 1 atom stereocenters. The number of hydrogen-bond acceptors (Lipinski definition) is 3. The third-order valence-electron chi connectivity index (χ3n) is 3.42. The van der Waals surface area contributed by atoms with E-state index in [1.165, 1.54) is 17.0 Å². The summed E-state index contributed by atoms with van der Waals surface area (Å²) in [5.41, 5.74) is 0.822. The number of esters is 1. The molecule has 1 aromatic carbocycles. The number of carbonyl (C=O) groups excluding carboxylic acids is 2. The van der Waals surface area contributed by atoms with E-state index in [2.05, 4.69) is 0 Å². The molecule has 0 saturated carbocycles. The zero-order chi connectivity index (χ0) is 14.7. The lowest BCUT2D eigenvalue weighted by Crippen LogP contribution is -2.41. The van der Waals surface area contributed by atoms with Crippen molar-refractivity contribution in [1.29, 1.82) is 0 Å². The molecular formula is C15H18FNO3. The summed E-state index contributed by atoms with van der Waals surface area (Å²) < 4.78 is 18.8. The molecule has 1 saturated heterocycles. The van der Waals surface area contributed by atoms with Crippen LogP contribution in [0.3, 0.4) is 0 Å². The van der Waals surface area contributed by atoms with Crippen molar-refractivity contribution in [3.63, 3.8) is 0 Å². The minimum atomic E-state index is -0.595. The molecule has 0 N–H and O–H groups in total. The number of hydrogen-bond donors (Lipinski definition) is 0. The molecule has 2 rings (SSSR count). The van der Waals surface area contributed by atoms with Gasteiger partial charge in [-0.1, -0.05) is 11.6 Å². The second kappa shape index (κ2) is 6.03. The molecule has 5 heteroatoms. The molecule has 1 unspecified atom stereocenters. The van der Waals surface area contributed by atoms with E-state index in [0.29, 0.717) is 13.0 Å². The van der Waals surface area contributed by atoms with Gasteiger partial charge in [-0.3, -0.25) is 4.79 Å². The van der Waals surface area contributed by atoms with Crippen LogP contribution in [0.15, 0.2) is 18.2 Å². The summed E-state index contributed by atoms with van der Waals surface area (Å²) in [6.45, 7) is 4.24. The highest BCUT2D eigenvalue weighted by atomic mass is 19.1. The topological polar surface area (TPSA) is 46.6 Å². The molecule has 0 bridgehead atoms. The normalized spacial score (nSPS) is 18.1. The van der Waals surface area contributed by atoms with Crippen molar-refractivity contribution in [2.75, 3.05) is 13.2 Å². The van der Waals surface area contributed by atoms with Gasteiger partial charge in [0.25, 0.3) is 5.91 Å². The first-order chi connectivity index (χ1) is 9.54. The number of amides is 1. The van der Waals surface area contributed by atoms with Gasteiger partial charge in [0.15, 0.2) is 0 Å². The van der Waals surface area contributed by atoms with Crippen molar-refractivity contribution in [3.8, 4) is 0 Å². The van der Waals surface area contributed by atoms with Gasteiger partial charge in [0, 0.05) is 6.54 Å². The smallest absolute Gasteiger partial charge is 0.328 e. The van der Waals surface area contributed by atoms with Crippen molar-refractivity contribution in [2.24, 2.45) is 0 Å². The Labute approximate surface area is 117 Å². The monoisotopic (exact) mass is 279 g/mol. The Morgan fingerprint density at radius 3 is 2.90 bits per heavy atom. The first-order valence-corrected chi connectivity index (χ1v) is 6.78. The molecule has 0 radical (unpaired) electrons. The molecule has 108 valence electrons. The molecular weight excluding hydrogens is 261 g/mol. The average Bonchev–Trinajstić information content (AvgIpc) is 2.90. The first kappa shape index (κ1) is 14.5. The van der Waals surface area contributed by atoms with Gasteiger partial charge in [0.2, 0.25) is 0 Å². The maximum Gasteiger partial charge on any atom is 0.328 e.